The fourth-order valence-corrected chi connectivity index (χ4v) is 5.14. The van der Waals surface area contributed by atoms with Gasteiger partial charge in [0.05, 0.1) is 17.9 Å². The van der Waals surface area contributed by atoms with Gasteiger partial charge in [0.2, 0.25) is 5.91 Å². The number of hydrogen-bond donors (Lipinski definition) is 1. The van der Waals surface area contributed by atoms with Crippen LogP contribution in [0.15, 0.2) is 42.7 Å². The third-order valence-corrected chi connectivity index (χ3v) is 6.59. The summed E-state index contributed by atoms with van der Waals surface area (Å²) in [4.78, 5) is 20.7. The summed E-state index contributed by atoms with van der Waals surface area (Å²) in [5.74, 6) is 0.145. The summed E-state index contributed by atoms with van der Waals surface area (Å²) in [7, 11) is 0. The first-order valence-electron chi connectivity index (χ1n) is 9.39. The van der Waals surface area contributed by atoms with Crippen LogP contribution in [0.2, 0.25) is 0 Å². The monoisotopic (exact) mass is 379 g/mol. The zero-order chi connectivity index (χ0) is 18.2. The van der Waals surface area contributed by atoms with Crippen molar-refractivity contribution in [1.29, 1.82) is 0 Å². The van der Waals surface area contributed by atoms with E-state index in [-0.39, 0.29) is 11.8 Å². The largest absolute Gasteiger partial charge is 0.350 e. The number of carbonyl (C=O) groups excluding carboxylic acids is 1. The molecule has 0 radical (unpaired) electrons. The minimum Gasteiger partial charge on any atom is -0.350 e. The molecule has 6 nitrogen and oxygen atoms in total. The lowest BCUT2D eigenvalue weighted by molar-refractivity contribution is -0.121. The van der Waals surface area contributed by atoms with E-state index in [0.29, 0.717) is 13.0 Å². The second kappa shape index (κ2) is 6.81. The summed E-state index contributed by atoms with van der Waals surface area (Å²) < 4.78 is 1.84. The molecule has 2 aromatic heterocycles. The summed E-state index contributed by atoms with van der Waals surface area (Å²) >= 11 is 1.76. The average Bonchev–Trinajstić information content (AvgIpc) is 3.45. The van der Waals surface area contributed by atoms with E-state index < -0.39 is 0 Å². The lowest BCUT2D eigenvalue weighted by atomic mass is 9.93. The van der Waals surface area contributed by atoms with Gasteiger partial charge < -0.3 is 10.2 Å². The number of benzene rings is 1. The molecule has 1 amide bonds. The summed E-state index contributed by atoms with van der Waals surface area (Å²) in [5, 5.41) is 8.39. The van der Waals surface area contributed by atoms with Crippen LogP contribution in [0.4, 0.5) is 5.13 Å². The van der Waals surface area contributed by atoms with Crippen molar-refractivity contribution in [3.8, 4) is 5.69 Å². The molecule has 1 N–H and O–H groups in total. The predicted octanol–water partition coefficient (Wildman–Crippen LogP) is 3.08. The van der Waals surface area contributed by atoms with E-state index in [1.54, 1.807) is 17.5 Å². The summed E-state index contributed by atoms with van der Waals surface area (Å²) in [6, 6.07) is 10.3. The number of rotatable bonds is 3. The fraction of sp³-hybridized carbons (Fsp3) is 0.350. The lowest BCUT2D eigenvalue weighted by Gasteiger charge is -2.15. The maximum absolute atomic E-state index is 12.3. The van der Waals surface area contributed by atoms with Crippen molar-refractivity contribution < 1.29 is 4.79 Å². The van der Waals surface area contributed by atoms with Gasteiger partial charge in [-0.15, -0.1) is 11.3 Å². The number of carbonyl (C=O) groups is 1. The van der Waals surface area contributed by atoms with Crippen molar-refractivity contribution >= 4 is 22.4 Å². The number of nitrogens with zero attached hydrogens (tertiary/aromatic N) is 4. The molecule has 5 rings (SSSR count). The molecule has 0 spiro atoms. The predicted molar refractivity (Wildman–Crippen MR) is 105 cm³/mol. The Kier molecular flexibility index (Phi) is 4.16. The second-order valence-corrected chi connectivity index (χ2v) is 8.09. The molecule has 138 valence electrons. The number of hydrogen-bond acceptors (Lipinski definition) is 5. The molecular weight excluding hydrogens is 358 g/mol. The van der Waals surface area contributed by atoms with Crippen LogP contribution >= 0.6 is 11.3 Å². The first kappa shape index (κ1) is 16.5. The molecule has 7 heteroatoms. The van der Waals surface area contributed by atoms with E-state index in [0.717, 1.165) is 35.2 Å². The van der Waals surface area contributed by atoms with E-state index in [1.165, 1.54) is 17.7 Å². The van der Waals surface area contributed by atoms with Crippen molar-refractivity contribution in [3.05, 3.63) is 58.9 Å². The topological polar surface area (TPSA) is 63.1 Å². The standard InChI is InChI=1S/C20H21N5OS/c26-18-12-16(14-4-6-15(7-5-14)25-11-3-8-22-25)19-17(13-21-18)23-20(27-19)24-9-1-2-10-24/h3-8,11,16H,1-2,9-10,12-13H2,(H,21,26)/t16-/m0/s1. The molecule has 1 fully saturated rings. The zero-order valence-corrected chi connectivity index (χ0v) is 15.8. The third kappa shape index (κ3) is 3.12. The Bertz CT molecular complexity index is 941. The van der Waals surface area contributed by atoms with Gasteiger partial charge in [-0.2, -0.15) is 5.10 Å². The van der Waals surface area contributed by atoms with Crippen LogP contribution in [-0.4, -0.2) is 33.8 Å². The molecule has 1 saturated heterocycles. The van der Waals surface area contributed by atoms with Crippen LogP contribution in [0, 0.1) is 0 Å². The van der Waals surface area contributed by atoms with Gasteiger partial charge in [-0.3, -0.25) is 4.79 Å². The molecule has 1 atom stereocenters. The number of thiazole rings is 1. The first-order chi connectivity index (χ1) is 13.3. The number of anilines is 1. The minimum absolute atomic E-state index is 0.0584. The van der Waals surface area contributed by atoms with Crippen LogP contribution in [0.1, 0.15) is 41.3 Å². The van der Waals surface area contributed by atoms with Crippen LogP contribution in [-0.2, 0) is 11.3 Å². The Morgan fingerprint density at radius 1 is 1.15 bits per heavy atom. The number of nitrogens with one attached hydrogen (secondary N) is 1. The summed E-state index contributed by atoms with van der Waals surface area (Å²) in [6.07, 6.45) is 6.64. The molecule has 27 heavy (non-hydrogen) atoms. The molecule has 3 aromatic rings. The number of amides is 1. The van der Waals surface area contributed by atoms with Crippen molar-refractivity contribution in [1.82, 2.24) is 20.1 Å². The third-order valence-electron chi connectivity index (χ3n) is 5.32. The molecule has 4 heterocycles. The molecule has 2 aliphatic rings. The highest BCUT2D eigenvalue weighted by molar-refractivity contribution is 7.15. The fourth-order valence-electron chi connectivity index (χ4n) is 3.88. The van der Waals surface area contributed by atoms with Crippen LogP contribution in [0.25, 0.3) is 5.69 Å². The highest BCUT2D eigenvalue weighted by atomic mass is 32.1. The van der Waals surface area contributed by atoms with E-state index in [9.17, 15) is 4.79 Å². The van der Waals surface area contributed by atoms with Gasteiger partial charge in [-0.05, 0) is 36.6 Å². The summed E-state index contributed by atoms with van der Waals surface area (Å²) in [6.45, 7) is 2.70. The van der Waals surface area contributed by atoms with Gasteiger partial charge in [-0.1, -0.05) is 12.1 Å². The van der Waals surface area contributed by atoms with E-state index in [4.69, 9.17) is 4.98 Å². The van der Waals surface area contributed by atoms with Gasteiger partial charge in [0.1, 0.15) is 0 Å². The quantitative estimate of drug-likeness (QED) is 0.760. The van der Waals surface area contributed by atoms with Gasteiger partial charge in [0.15, 0.2) is 5.13 Å². The van der Waals surface area contributed by atoms with E-state index in [2.05, 4.69) is 39.6 Å². The van der Waals surface area contributed by atoms with Crippen LogP contribution < -0.4 is 10.2 Å². The lowest BCUT2D eigenvalue weighted by Crippen LogP contribution is -2.22. The summed E-state index contributed by atoms with van der Waals surface area (Å²) in [5.41, 5.74) is 3.19. The van der Waals surface area contributed by atoms with Crippen LogP contribution in [0.5, 0.6) is 0 Å². The Morgan fingerprint density at radius 2 is 1.96 bits per heavy atom. The van der Waals surface area contributed by atoms with E-state index >= 15 is 0 Å². The zero-order valence-electron chi connectivity index (χ0n) is 15.0. The SMILES string of the molecule is O=C1C[C@@H](c2ccc(-n3cccn3)cc2)c2sc(N3CCCC3)nc2CN1. The Balaban J connectivity index is 1.50. The normalized spacial score (nSPS) is 19.6. The van der Waals surface area contributed by atoms with Gasteiger partial charge in [-0.25, -0.2) is 9.67 Å². The Labute approximate surface area is 161 Å². The molecule has 0 saturated carbocycles. The average molecular weight is 379 g/mol. The maximum Gasteiger partial charge on any atom is 0.221 e. The smallest absolute Gasteiger partial charge is 0.221 e. The molecular formula is C20H21N5OS. The maximum atomic E-state index is 12.3. The molecule has 0 bridgehead atoms. The number of fused-ring (bicyclic) bond motifs is 1. The minimum atomic E-state index is 0.0584. The molecule has 1 aromatic carbocycles. The highest BCUT2D eigenvalue weighted by Gasteiger charge is 2.29. The van der Waals surface area contributed by atoms with E-state index in [1.807, 2.05) is 16.9 Å². The van der Waals surface area contributed by atoms with Gasteiger partial charge >= 0.3 is 0 Å². The molecule has 2 aliphatic heterocycles. The van der Waals surface area contributed by atoms with Crippen LogP contribution in [0.3, 0.4) is 0 Å². The van der Waals surface area contributed by atoms with Crippen molar-refractivity contribution in [2.45, 2.75) is 31.7 Å². The first-order valence-corrected chi connectivity index (χ1v) is 10.2. The molecule has 0 unspecified atom stereocenters. The van der Waals surface area contributed by atoms with Gasteiger partial charge in [0, 0.05) is 42.7 Å². The van der Waals surface area contributed by atoms with Crippen molar-refractivity contribution in [3.63, 3.8) is 0 Å². The second-order valence-electron chi connectivity index (χ2n) is 7.08. The Hall–Kier alpha value is -2.67. The van der Waals surface area contributed by atoms with Crippen molar-refractivity contribution in [2.75, 3.05) is 18.0 Å². The number of aromatic nitrogens is 3. The molecule has 0 aliphatic carbocycles. The Morgan fingerprint density at radius 3 is 2.70 bits per heavy atom. The van der Waals surface area contributed by atoms with Gasteiger partial charge in [0.25, 0.3) is 0 Å². The van der Waals surface area contributed by atoms with Crippen molar-refractivity contribution in [2.24, 2.45) is 0 Å². The highest BCUT2D eigenvalue weighted by Crippen LogP contribution is 2.40.